The highest BCUT2D eigenvalue weighted by Crippen LogP contribution is 2.29. The van der Waals surface area contributed by atoms with E-state index in [1.165, 1.54) is 16.7 Å². The van der Waals surface area contributed by atoms with E-state index in [9.17, 15) is 0 Å². The highest BCUT2D eigenvalue weighted by atomic mass is 16.5. The summed E-state index contributed by atoms with van der Waals surface area (Å²) in [6.45, 7) is 15.2. The molecule has 1 fully saturated rings. The molecule has 9 nitrogen and oxygen atoms in total. The molecule has 0 bridgehead atoms. The van der Waals surface area contributed by atoms with Crippen molar-refractivity contribution in [1.29, 1.82) is 0 Å². The number of ether oxygens (including phenoxy) is 1. The third-order valence-corrected chi connectivity index (χ3v) is 6.69. The van der Waals surface area contributed by atoms with Crippen LogP contribution in [0.1, 0.15) is 42.7 Å². The Hall–Kier alpha value is -4.37. The largest absolute Gasteiger partial charge is 0.378 e. The molecular formula is C31H38N8O. The fourth-order valence-corrected chi connectivity index (χ4v) is 4.43. The molecule has 0 radical (unpaired) electrons. The van der Waals surface area contributed by atoms with Crippen LogP contribution >= 0.6 is 0 Å². The minimum Gasteiger partial charge on any atom is -0.378 e. The van der Waals surface area contributed by atoms with Crippen molar-refractivity contribution in [3.63, 3.8) is 0 Å². The second kappa shape index (κ2) is 14.1. The highest BCUT2D eigenvalue weighted by molar-refractivity contribution is 5.86. The lowest BCUT2D eigenvalue weighted by atomic mass is 9.90. The van der Waals surface area contributed by atoms with Crippen LogP contribution in [0, 0.1) is 19.8 Å². The van der Waals surface area contributed by atoms with E-state index in [-0.39, 0.29) is 0 Å². The summed E-state index contributed by atoms with van der Waals surface area (Å²) < 4.78 is 5.45. The molecular weight excluding hydrogens is 500 g/mol. The monoisotopic (exact) mass is 538 g/mol. The predicted octanol–water partition coefficient (Wildman–Crippen LogP) is 6.16. The molecule has 40 heavy (non-hydrogen) atoms. The number of morpholine rings is 1. The topological polar surface area (TPSA) is 99.9 Å². The first-order chi connectivity index (χ1) is 19.5. The number of hydrogen-bond donors (Lipinski definition) is 2. The summed E-state index contributed by atoms with van der Waals surface area (Å²) in [5.74, 6) is 1.75. The van der Waals surface area contributed by atoms with Gasteiger partial charge in [-0.3, -0.25) is 9.98 Å². The van der Waals surface area contributed by atoms with Crippen molar-refractivity contribution in [2.45, 2.75) is 34.1 Å². The normalized spacial score (nSPS) is 15.0. The molecule has 208 valence electrons. The van der Waals surface area contributed by atoms with E-state index in [0.717, 1.165) is 42.3 Å². The number of nitrogens with one attached hydrogen (secondary N) is 2. The summed E-state index contributed by atoms with van der Waals surface area (Å²) in [5.41, 5.74) is 10.1. The minimum absolute atomic E-state index is 0.399. The molecule has 1 atom stereocenters. The van der Waals surface area contributed by atoms with Gasteiger partial charge in [0.25, 0.3) is 0 Å². The molecule has 0 spiro atoms. The Morgan fingerprint density at radius 3 is 2.67 bits per heavy atom. The zero-order valence-electron chi connectivity index (χ0n) is 23.8. The number of rotatable bonds is 11. The third kappa shape index (κ3) is 7.83. The van der Waals surface area contributed by atoms with Crippen LogP contribution in [-0.2, 0) is 4.74 Å². The van der Waals surface area contributed by atoms with Gasteiger partial charge in [-0.25, -0.2) is 10.4 Å². The number of aliphatic imine (C=N–C) groups is 1. The Morgan fingerprint density at radius 2 is 1.95 bits per heavy atom. The molecule has 1 unspecified atom stereocenters. The zero-order chi connectivity index (χ0) is 28.3. The van der Waals surface area contributed by atoms with Crippen LogP contribution < -0.4 is 15.6 Å². The van der Waals surface area contributed by atoms with Gasteiger partial charge in [0.1, 0.15) is 5.82 Å². The van der Waals surface area contributed by atoms with Crippen molar-refractivity contribution >= 4 is 41.1 Å². The van der Waals surface area contributed by atoms with E-state index in [0.29, 0.717) is 30.8 Å². The first-order valence-corrected chi connectivity index (χ1v) is 13.6. The quantitative estimate of drug-likeness (QED) is 0.223. The van der Waals surface area contributed by atoms with E-state index in [1.54, 1.807) is 24.8 Å². The summed E-state index contributed by atoms with van der Waals surface area (Å²) in [7, 11) is 0. The van der Waals surface area contributed by atoms with Crippen LogP contribution in [0.2, 0.25) is 0 Å². The molecule has 1 aliphatic rings. The number of hydrogen-bond acceptors (Lipinski definition) is 9. The number of nitrogens with zero attached hydrogens (tertiary/aromatic N) is 6. The smallest absolute Gasteiger partial charge is 0.245 e. The summed E-state index contributed by atoms with van der Waals surface area (Å²) in [4.78, 5) is 19.9. The van der Waals surface area contributed by atoms with E-state index in [4.69, 9.17) is 4.74 Å². The van der Waals surface area contributed by atoms with E-state index in [2.05, 4.69) is 92.3 Å². The fraction of sp³-hybridized carbons (Fsp3) is 0.323. The van der Waals surface area contributed by atoms with Crippen molar-refractivity contribution in [3.8, 4) is 0 Å². The van der Waals surface area contributed by atoms with Gasteiger partial charge < -0.3 is 15.0 Å². The third-order valence-electron chi connectivity index (χ3n) is 6.69. The maximum absolute atomic E-state index is 5.45. The zero-order valence-corrected chi connectivity index (χ0v) is 23.8. The number of benzene rings is 1. The van der Waals surface area contributed by atoms with Crippen LogP contribution in [-0.4, -0.2) is 53.7 Å². The number of anilines is 4. The average Bonchev–Trinajstić information content (AvgIpc) is 2.97. The van der Waals surface area contributed by atoms with Crippen molar-refractivity contribution in [2.24, 2.45) is 16.0 Å². The van der Waals surface area contributed by atoms with Gasteiger partial charge in [0.05, 0.1) is 37.0 Å². The molecule has 0 saturated carbocycles. The van der Waals surface area contributed by atoms with Gasteiger partial charge in [-0.05, 0) is 73.2 Å². The Kier molecular flexibility index (Phi) is 10.1. The summed E-state index contributed by atoms with van der Waals surface area (Å²) in [5, 5.41) is 7.77. The van der Waals surface area contributed by atoms with E-state index in [1.807, 2.05) is 25.3 Å². The van der Waals surface area contributed by atoms with Crippen LogP contribution in [0.4, 0.5) is 23.1 Å². The first-order valence-electron chi connectivity index (χ1n) is 13.6. The molecule has 0 amide bonds. The van der Waals surface area contributed by atoms with Crippen molar-refractivity contribution in [3.05, 3.63) is 84.0 Å². The van der Waals surface area contributed by atoms with Gasteiger partial charge in [0.2, 0.25) is 5.95 Å². The lowest BCUT2D eigenvalue weighted by molar-refractivity contribution is 0.122. The van der Waals surface area contributed by atoms with Crippen LogP contribution in [0.5, 0.6) is 0 Å². The molecule has 2 N–H and O–H groups in total. The molecule has 1 aromatic carbocycles. The predicted molar refractivity (Wildman–Crippen MR) is 166 cm³/mol. The SMILES string of the molecule is C=CN=C/C=C(/c1cc(C)cc(Nc2ccc(/C=N/Nc3ncc(C)c(N4CCOCC4)n3)nc2)c1)C(C)CC. The van der Waals surface area contributed by atoms with Gasteiger partial charge in [-0.15, -0.1) is 0 Å². The standard InChI is InChI=1S/C31H38N8O/c1-6-23(4)29(10-11-32-7-2)25-16-22(3)17-28(18-25)36-27-9-8-26(33-20-27)21-35-38-31-34-19-24(5)30(37-31)39-12-14-40-15-13-39/h7-11,16-21,23,36H,2,6,12-15H2,1,3-5H3,(H,34,37,38)/b29-10+,32-11?,35-21+. The second-order valence-electron chi connectivity index (χ2n) is 9.77. The van der Waals surface area contributed by atoms with Crippen molar-refractivity contribution in [1.82, 2.24) is 15.0 Å². The molecule has 4 rings (SSSR count). The molecule has 1 saturated heterocycles. The van der Waals surface area contributed by atoms with Crippen LogP contribution in [0.15, 0.2) is 71.7 Å². The number of hydrazone groups is 1. The van der Waals surface area contributed by atoms with Gasteiger partial charge in [0, 0.05) is 43.0 Å². The number of pyridine rings is 1. The minimum atomic E-state index is 0.399. The molecule has 2 aromatic heterocycles. The average molecular weight is 539 g/mol. The Balaban J connectivity index is 1.42. The molecule has 9 heteroatoms. The van der Waals surface area contributed by atoms with E-state index >= 15 is 0 Å². The van der Waals surface area contributed by atoms with Crippen LogP contribution in [0.3, 0.4) is 0 Å². The van der Waals surface area contributed by atoms with E-state index < -0.39 is 0 Å². The van der Waals surface area contributed by atoms with Gasteiger partial charge >= 0.3 is 0 Å². The van der Waals surface area contributed by atoms with Crippen LogP contribution in [0.25, 0.3) is 5.57 Å². The van der Waals surface area contributed by atoms with Gasteiger partial charge in [0.15, 0.2) is 0 Å². The Bertz CT molecular complexity index is 1370. The lowest BCUT2D eigenvalue weighted by Gasteiger charge is -2.28. The lowest BCUT2D eigenvalue weighted by Crippen LogP contribution is -2.37. The fourth-order valence-electron chi connectivity index (χ4n) is 4.43. The highest BCUT2D eigenvalue weighted by Gasteiger charge is 2.16. The van der Waals surface area contributed by atoms with Gasteiger partial charge in [-0.2, -0.15) is 10.1 Å². The number of allylic oxidation sites excluding steroid dienone is 2. The van der Waals surface area contributed by atoms with Crippen molar-refractivity contribution < 1.29 is 4.74 Å². The summed E-state index contributed by atoms with van der Waals surface area (Å²) >= 11 is 0. The maximum Gasteiger partial charge on any atom is 0.245 e. The molecule has 1 aliphatic heterocycles. The van der Waals surface area contributed by atoms with Gasteiger partial charge in [-0.1, -0.05) is 26.5 Å². The molecule has 3 heterocycles. The first kappa shape index (κ1) is 28.6. The molecule has 3 aromatic rings. The summed E-state index contributed by atoms with van der Waals surface area (Å²) in [6, 6.07) is 10.4. The maximum atomic E-state index is 5.45. The summed E-state index contributed by atoms with van der Waals surface area (Å²) in [6.07, 6.45) is 11.7. The number of aryl methyl sites for hydroxylation is 2. The number of aromatic nitrogens is 3. The Morgan fingerprint density at radius 1 is 1.12 bits per heavy atom. The second-order valence-corrected chi connectivity index (χ2v) is 9.77. The Labute approximate surface area is 236 Å². The molecule has 0 aliphatic carbocycles. The van der Waals surface area contributed by atoms with Crippen molar-refractivity contribution in [2.75, 3.05) is 41.9 Å².